The number of furan rings is 1. The van der Waals surface area contributed by atoms with Crippen LogP contribution in [0.2, 0.25) is 0 Å². The van der Waals surface area contributed by atoms with Gasteiger partial charge >= 0.3 is 6.03 Å². The average Bonchev–Trinajstić information content (AvgIpc) is 3.61. The van der Waals surface area contributed by atoms with Crippen LogP contribution in [0.1, 0.15) is 29.1 Å². The molecule has 1 aliphatic heterocycles. The molecule has 214 valence electrons. The predicted molar refractivity (Wildman–Crippen MR) is 159 cm³/mol. The number of hydrogen-bond donors (Lipinski definition) is 3. The van der Waals surface area contributed by atoms with E-state index in [-0.39, 0.29) is 12.5 Å². The molecule has 0 aliphatic carbocycles. The van der Waals surface area contributed by atoms with Crippen molar-refractivity contribution in [1.82, 2.24) is 15.5 Å². The molecule has 1 fully saturated rings. The van der Waals surface area contributed by atoms with Gasteiger partial charge in [-0.3, -0.25) is 14.5 Å². The number of nitrogens with zero attached hydrogens (tertiary/aromatic N) is 2. The Morgan fingerprint density at radius 2 is 1.81 bits per heavy atom. The fourth-order valence-electron chi connectivity index (χ4n) is 4.20. The number of amidine groups is 1. The highest BCUT2D eigenvalue weighted by Crippen LogP contribution is 2.41. The highest BCUT2D eigenvalue weighted by atomic mass is 32.2. The first-order valence-electron chi connectivity index (χ1n) is 13.2. The fraction of sp³-hybridized carbons (Fsp3) is 0.161. The fourth-order valence-corrected chi connectivity index (χ4v) is 5.37. The third-order valence-corrected chi connectivity index (χ3v) is 7.62. The molecule has 9 nitrogen and oxygen atoms in total. The van der Waals surface area contributed by atoms with E-state index in [0.29, 0.717) is 34.4 Å². The molecule has 0 bridgehead atoms. The number of amides is 4. The lowest BCUT2D eigenvalue weighted by molar-refractivity contribution is -0.126. The van der Waals surface area contributed by atoms with Crippen molar-refractivity contribution in [1.29, 1.82) is 0 Å². The van der Waals surface area contributed by atoms with E-state index in [0.717, 1.165) is 5.56 Å². The van der Waals surface area contributed by atoms with Gasteiger partial charge in [0.05, 0.1) is 18.5 Å². The van der Waals surface area contributed by atoms with Gasteiger partial charge in [-0.25, -0.2) is 14.2 Å². The molecule has 0 radical (unpaired) electrons. The maximum atomic E-state index is 13.8. The van der Waals surface area contributed by atoms with Crippen LogP contribution in [0.15, 0.2) is 107 Å². The number of anilines is 1. The second-order valence-electron chi connectivity index (χ2n) is 9.52. The summed E-state index contributed by atoms with van der Waals surface area (Å²) in [4.78, 5) is 44.5. The third-order valence-electron chi connectivity index (χ3n) is 6.39. The normalized spacial score (nSPS) is 16.3. The van der Waals surface area contributed by atoms with Crippen molar-refractivity contribution in [2.75, 3.05) is 5.32 Å². The van der Waals surface area contributed by atoms with E-state index >= 15 is 0 Å². The Labute approximate surface area is 246 Å². The lowest BCUT2D eigenvalue weighted by atomic mass is 10.1. The Kier molecular flexibility index (Phi) is 8.98. The van der Waals surface area contributed by atoms with E-state index in [9.17, 15) is 18.8 Å². The van der Waals surface area contributed by atoms with Crippen LogP contribution in [0.4, 0.5) is 20.6 Å². The summed E-state index contributed by atoms with van der Waals surface area (Å²) in [6.45, 7) is 2.11. The number of aliphatic imine (C=N–C) groups is 1. The molecule has 3 N–H and O–H groups in total. The second kappa shape index (κ2) is 13.2. The summed E-state index contributed by atoms with van der Waals surface area (Å²) in [5.41, 5.74) is 2.56. The van der Waals surface area contributed by atoms with Gasteiger partial charge in [-0.2, -0.15) is 0 Å². The van der Waals surface area contributed by atoms with Crippen molar-refractivity contribution >= 4 is 46.1 Å². The summed E-state index contributed by atoms with van der Waals surface area (Å²) in [6.07, 6.45) is 1.53. The molecular formula is C31H28FN5O4S. The number of carbonyl (C=O) groups is 3. The molecule has 42 heavy (non-hydrogen) atoms. The molecule has 1 aromatic heterocycles. The first kappa shape index (κ1) is 28.6. The van der Waals surface area contributed by atoms with Crippen molar-refractivity contribution in [2.45, 2.75) is 31.3 Å². The minimum absolute atomic E-state index is 0.182. The summed E-state index contributed by atoms with van der Waals surface area (Å²) in [5.74, 6) is -0.415. The highest BCUT2D eigenvalue weighted by molar-refractivity contribution is 8.15. The van der Waals surface area contributed by atoms with E-state index < -0.39 is 29.0 Å². The molecule has 0 saturated carbocycles. The van der Waals surface area contributed by atoms with Gasteiger partial charge in [-0.05, 0) is 60.5 Å². The Morgan fingerprint density at radius 1 is 1.02 bits per heavy atom. The van der Waals surface area contributed by atoms with Crippen LogP contribution in [0.25, 0.3) is 0 Å². The molecule has 1 unspecified atom stereocenters. The minimum atomic E-state index is -0.788. The van der Waals surface area contributed by atoms with Crippen LogP contribution in [0.5, 0.6) is 0 Å². The molecule has 2 atom stereocenters. The zero-order chi connectivity index (χ0) is 29.5. The second-order valence-corrected chi connectivity index (χ2v) is 10.6. The molecule has 5 rings (SSSR count). The molecule has 1 aliphatic rings. The van der Waals surface area contributed by atoms with Gasteiger partial charge in [-0.15, -0.1) is 0 Å². The third kappa shape index (κ3) is 7.24. The van der Waals surface area contributed by atoms with Gasteiger partial charge in [0.2, 0.25) is 11.8 Å². The molecule has 3 aromatic carbocycles. The number of benzene rings is 3. The van der Waals surface area contributed by atoms with E-state index in [1.54, 1.807) is 55.5 Å². The summed E-state index contributed by atoms with van der Waals surface area (Å²) in [5, 5.41) is 7.96. The Bertz CT molecular complexity index is 1580. The zero-order valence-electron chi connectivity index (χ0n) is 22.6. The van der Waals surface area contributed by atoms with Gasteiger partial charge in [0, 0.05) is 12.2 Å². The van der Waals surface area contributed by atoms with Crippen LogP contribution in [0.3, 0.4) is 0 Å². The molecule has 4 amide bonds. The molecule has 2 heterocycles. The standard InChI is InChI=1S/C31H28FN5O4S/c1-20(34-30(40)33-18-21-7-3-2-4-8-21)28(38)35-24-14-12-22(13-15-24)27-29(39)37(19-26-11-6-16-41-26)31(42-27)36-25-10-5-9-23(32)17-25/h2-17,20,27H,18-19H2,1H3,(H,35,38)(H2,33,34,40)/t20-,27?/m1/s1. The number of thioether (sulfide) groups is 1. The lowest BCUT2D eigenvalue weighted by Crippen LogP contribution is -2.46. The summed E-state index contributed by atoms with van der Waals surface area (Å²) >= 11 is 1.26. The SMILES string of the molecule is C[C@@H](NC(=O)NCc1ccccc1)C(=O)Nc1ccc(C2SC(=Nc3cccc(F)c3)N(Cc3ccco3)C2=O)cc1. The van der Waals surface area contributed by atoms with Gasteiger partial charge in [0.25, 0.3) is 0 Å². The van der Waals surface area contributed by atoms with Gasteiger partial charge in [0.1, 0.15) is 22.9 Å². The van der Waals surface area contributed by atoms with E-state index in [1.807, 2.05) is 30.3 Å². The van der Waals surface area contributed by atoms with Crippen molar-refractivity contribution in [3.63, 3.8) is 0 Å². The first-order chi connectivity index (χ1) is 20.4. The van der Waals surface area contributed by atoms with Crippen molar-refractivity contribution in [2.24, 2.45) is 4.99 Å². The van der Waals surface area contributed by atoms with E-state index in [4.69, 9.17) is 4.42 Å². The molecular weight excluding hydrogens is 557 g/mol. The number of halogens is 1. The van der Waals surface area contributed by atoms with Crippen LogP contribution >= 0.6 is 11.8 Å². The first-order valence-corrected chi connectivity index (χ1v) is 14.1. The van der Waals surface area contributed by atoms with Gasteiger partial charge < -0.3 is 20.4 Å². The van der Waals surface area contributed by atoms with Crippen LogP contribution in [0, 0.1) is 5.82 Å². The Morgan fingerprint density at radius 3 is 2.52 bits per heavy atom. The minimum Gasteiger partial charge on any atom is -0.467 e. The number of nitrogens with one attached hydrogen (secondary N) is 3. The quantitative estimate of drug-likeness (QED) is 0.231. The zero-order valence-corrected chi connectivity index (χ0v) is 23.4. The van der Waals surface area contributed by atoms with Crippen LogP contribution in [-0.4, -0.2) is 34.0 Å². The number of hydrogen-bond acceptors (Lipinski definition) is 6. The van der Waals surface area contributed by atoms with Gasteiger partial charge in [0.15, 0.2) is 5.17 Å². The molecule has 4 aromatic rings. The van der Waals surface area contributed by atoms with Crippen LogP contribution < -0.4 is 16.0 Å². The topological polar surface area (TPSA) is 116 Å². The molecule has 1 saturated heterocycles. The average molecular weight is 586 g/mol. The summed E-state index contributed by atoms with van der Waals surface area (Å²) < 4.78 is 19.2. The smallest absolute Gasteiger partial charge is 0.315 e. The summed E-state index contributed by atoms with van der Waals surface area (Å²) in [6, 6.07) is 24.5. The summed E-state index contributed by atoms with van der Waals surface area (Å²) in [7, 11) is 0. The largest absolute Gasteiger partial charge is 0.467 e. The highest BCUT2D eigenvalue weighted by Gasteiger charge is 2.39. The van der Waals surface area contributed by atoms with Crippen molar-refractivity contribution < 1.29 is 23.2 Å². The number of urea groups is 1. The maximum absolute atomic E-state index is 13.8. The Hall–Kier alpha value is -4.90. The van der Waals surface area contributed by atoms with E-state index in [1.165, 1.54) is 35.1 Å². The monoisotopic (exact) mass is 585 g/mol. The lowest BCUT2D eigenvalue weighted by Gasteiger charge is -2.16. The predicted octanol–water partition coefficient (Wildman–Crippen LogP) is 5.75. The van der Waals surface area contributed by atoms with Crippen LogP contribution in [-0.2, 0) is 22.7 Å². The maximum Gasteiger partial charge on any atom is 0.315 e. The number of carbonyl (C=O) groups excluding carboxylic acids is 3. The van der Waals surface area contributed by atoms with Gasteiger partial charge in [-0.1, -0.05) is 60.3 Å². The van der Waals surface area contributed by atoms with Crippen molar-refractivity contribution in [3.8, 4) is 0 Å². The Balaban J connectivity index is 1.22. The molecule has 11 heteroatoms. The van der Waals surface area contributed by atoms with E-state index in [2.05, 4.69) is 20.9 Å². The number of rotatable bonds is 9. The molecule has 0 spiro atoms. The van der Waals surface area contributed by atoms with Crippen molar-refractivity contribution in [3.05, 3.63) is 120 Å².